The van der Waals surface area contributed by atoms with E-state index >= 15 is 0 Å². The molecular weight excluding hydrogens is 376 g/mol. The molecule has 2 unspecified atom stereocenters. The first kappa shape index (κ1) is 47.8. The van der Waals surface area contributed by atoms with Crippen molar-refractivity contribution in [3.8, 4) is 0 Å². The van der Waals surface area contributed by atoms with Gasteiger partial charge < -0.3 is 0 Å². The zero-order chi connectivity index (χ0) is 24.4. The molecule has 0 saturated heterocycles. The van der Waals surface area contributed by atoms with Gasteiger partial charge in [0, 0.05) is 5.92 Å². The second-order valence-electron chi connectivity index (χ2n) is 6.64. The first-order valence-electron chi connectivity index (χ1n) is 12.7. The fraction of sp³-hybridized carbons (Fsp3) is 0.862. The quantitative estimate of drug-likeness (QED) is 0.355. The van der Waals surface area contributed by atoms with Gasteiger partial charge in [0.2, 0.25) is 0 Å². The van der Waals surface area contributed by atoms with Gasteiger partial charge in [0.25, 0.3) is 0 Å². The number of allylic oxidation sites excluding steroid dienone is 2. The van der Waals surface area contributed by atoms with Crippen molar-refractivity contribution in [3.63, 3.8) is 0 Å². The highest BCUT2D eigenvalue weighted by molar-refractivity contribution is 6.48. The summed E-state index contributed by atoms with van der Waals surface area (Å²) >= 11 is 0. The maximum Gasteiger partial charge on any atom is 0.0788 e. The van der Waals surface area contributed by atoms with Crippen LogP contribution in [-0.2, 0) is 0 Å². The summed E-state index contributed by atoms with van der Waals surface area (Å²) in [5.41, 5.74) is 2.33. The van der Waals surface area contributed by atoms with Gasteiger partial charge in [-0.2, -0.15) is 0 Å². The Hall–Kier alpha value is -0.920. The summed E-state index contributed by atoms with van der Waals surface area (Å²) in [5.74, 6) is 1.11. The Labute approximate surface area is 202 Å². The molecule has 0 aromatic heterocycles. The van der Waals surface area contributed by atoms with Crippen LogP contribution in [0.15, 0.2) is 22.1 Å². The Bertz CT molecular complexity index is 362. The smallest absolute Gasteiger partial charge is 0.0788 e. The van der Waals surface area contributed by atoms with Gasteiger partial charge in [-0.1, -0.05) is 137 Å². The molecule has 2 heteroatoms. The average molecular weight is 445 g/mol. The van der Waals surface area contributed by atoms with Crippen LogP contribution in [0, 0.1) is 11.8 Å². The van der Waals surface area contributed by atoms with Crippen molar-refractivity contribution in [1.29, 1.82) is 0 Å². The zero-order valence-corrected chi connectivity index (χ0v) is 23.5. The lowest BCUT2D eigenvalue weighted by molar-refractivity contribution is 0.555. The Morgan fingerprint density at radius 3 is 1.23 bits per heavy atom. The predicted molar refractivity (Wildman–Crippen MR) is 157 cm³/mol. The highest BCUT2D eigenvalue weighted by Gasteiger charge is 2.28. The van der Waals surface area contributed by atoms with Gasteiger partial charge in [-0.05, 0) is 25.8 Å². The Morgan fingerprint density at radius 1 is 0.613 bits per heavy atom. The summed E-state index contributed by atoms with van der Waals surface area (Å²) in [7, 11) is 0. The molecule has 0 N–H and O–H groups in total. The number of nitrogens with zero attached hydrogens (tertiary/aromatic N) is 2. The van der Waals surface area contributed by atoms with E-state index < -0.39 is 0 Å². The molecule has 0 amide bonds. The molecule has 31 heavy (non-hydrogen) atoms. The van der Waals surface area contributed by atoms with Crippen LogP contribution in [0.4, 0.5) is 0 Å². The van der Waals surface area contributed by atoms with Crippen LogP contribution in [0.5, 0.6) is 0 Å². The third-order valence-corrected chi connectivity index (χ3v) is 3.42. The maximum absolute atomic E-state index is 4.75. The van der Waals surface area contributed by atoms with Crippen LogP contribution in [0.25, 0.3) is 0 Å². The van der Waals surface area contributed by atoms with E-state index in [2.05, 4.69) is 86.4 Å². The fourth-order valence-corrected chi connectivity index (χ4v) is 1.92. The molecule has 1 heterocycles. The van der Waals surface area contributed by atoms with Crippen molar-refractivity contribution < 1.29 is 0 Å². The van der Waals surface area contributed by atoms with Crippen LogP contribution in [0.1, 0.15) is 145 Å². The highest BCUT2D eigenvalue weighted by Crippen LogP contribution is 2.24. The van der Waals surface area contributed by atoms with E-state index in [4.69, 9.17) is 4.99 Å². The molecule has 4 atom stereocenters. The second kappa shape index (κ2) is 39.5. The average Bonchev–Trinajstić information content (AvgIpc) is 2.73. The molecule has 0 aromatic carbocycles. The van der Waals surface area contributed by atoms with E-state index in [1.165, 1.54) is 25.0 Å². The van der Waals surface area contributed by atoms with Crippen molar-refractivity contribution in [1.82, 2.24) is 0 Å². The van der Waals surface area contributed by atoms with E-state index in [9.17, 15) is 0 Å². The van der Waals surface area contributed by atoms with Crippen LogP contribution in [0.3, 0.4) is 0 Å². The third kappa shape index (κ3) is 27.0. The summed E-state index contributed by atoms with van der Waals surface area (Å²) in [6.07, 6.45) is 8.12. The van der Waals surface area contributed by atoms with Crippen molar-refractivity contribution in [2.45, 2.75) is 157 Å². The summed E-state index contributed by atoms with van der Waals surface area (Å²) in [4.78, 5) is 9.42. The van der Waals surface area contributed by atoms with Crippen LogP contribution >= 0.6 is 0 Å². The topological polar surface area (TPSA) is 24.7 Å². The Morgan fingerprint density at radius 2 is 0.903 bits per heavy atom. The van der Waals surface area contributed by atoms with E-state index in [1.807, 2.05) is 41.5 Å². The van der Waals surface area contributed by atoms with Crippen molar-refractivity contribution in [3.05, 3.63) is 12.2 Å². The lowest BCUT2D eigenvalue weighted by Gasteiger charge is -2.30. The first-order valence-corrected chi connectivity index (χ1v) is 12.7. The molecular formula is C29H68N2. The molecule has 2 nitrogen and oxygen atoms in total. The minimum absolute atomic E-state index is 0. The highest BCUT2D eigenvalue weighted by atomic mass is 15.0. The van der Waals surface area contributed by atoms with Crippen molar-refractivity contribution >= 4 is 11.4 Å². The van der Waals surface area contributed by atoms with E-state index in [0.29, 0.717) is 23.9 Å². The predicted octanol–water partition coefficient (Wildman–Crippen LogP) is 11.1. The van der Waals surface area contributed by atoms with Gasteiger partial charge in [0.15, 0.2) is 0 Å². The lowest BCUT2D eigenvalue weighted by atomic mass is 9.83. The van der Waals surface area contributed by atoms with E-state index in [0.717, 1.165) is 5.71 Å². The standard InChI is InChI=1S/C12H18N2.3C3H8.3C2H6.2CH4/c1-7-5-6-11-12(8(7)2)14-10(4)9(3)13-11;3*1-3-2;3*1-2;;/h5-10H,1-4H3;3*3H2,1-2H3;3*1-2H3;2*1H4/t7?,8-,9-,10?;;;;;;;;/m0......../s1. The molecule has 0 radical (unpaired) electrons. The van der Waals surface area contributed by atoms with Crippen LogP contribution in [0.2, 0.25) is 0 Å². The molecule has 2 aliphatic rings. The van der Waals surface area contributed by atoms with E-state index in [-0.39, 0.29) is 14.9 Å². The van der Waals surface area contributed by atoms with Crippen LogP contribution < -0.4 is 0 Å². The van der Waals surface area contributed by atoms with Crippen molar-refractivity contribution in [2.24, 2.45) is 21.8 Å². The Kier molecular flexibility index (Phi) is 60.9. The molecule has 1 aliphatic heterocycles. The first-order chi connectivity index (χ1) is 13.8. The monoisotopic (exact) mass is 445 g/mol. The number of rotatable bonds is 0. The maximum atomic E-state index is 4.75. The number of hydrogen-bond acceptors (Lipinski definition) is 2. The summed E-state index contributed by atoms with van der Waals surface area (Å²) < 4.78 is 0. The largest absolute Gasteiger partial charge is 0.282 e. The van der Waals surface area contributed by atoms with Gasteiger partial charge >= 0.3 is 0 Å². The van der Waals surface area contributed by atoms with Crippen LogP contribution in [-0.4, -0.2) is 23.5 Å². The second-order valence-corrected chi connectivity index (χ2v) is 6.64. The SMILES string of the molecule is C.C.CC.CC.CC.CC1N=C2C(=N[C@H]1C)C=CC(C)[C@@H]2C.CCC.CCC.CCC. The van der Waals surface area contributed by atoms with Crippen molar-refractivity contribution in [2.75, 3.05) is 0 Å². The molecule has 194 valence electrons. The number of aliphatic imine (C=N–C) groups is 2. The summed E-state index contributed by atoms with van der Waals surface area (Å²) in [6.45, 7) is 33.5. The summed E-state index contributed by atoms with van der Waals surface area (Å²) in [6, 6.07) is 0.675. The number of hydrogen-bond donors (Lipinski definition) is 0. The minimum atomic E-state index is 0. The van der Waals surface area contributed by atoms with Gasteiger partial charge in [0.05, 0.1) is 23.5 Å². The van der Waals surface area contributed by atoms with Gasteiger partial charge in [-0.15, -0.1) is 0 Å². The minimum Gasteiger partial charge on any atom is -0.282 e. The molecule has 0 aromatic rings. The normalized spacial score (nSPS) is 21.0. The van der Waals surface area contributed by atoms with Gasteiger partial charge in [-0.25, -0.2) is 0 Å². The molecule has 2 rings (SSSR count). The molecule has 0 fully saturated rings. The molecule has 0 bridgehead atoms. The third-order valence-electron chi connectivity index (χ3n) is 3.42. The molecule has 0 saturated carbocycles. The number of fused-ring (bicyclic) bond motifs is 1. The van der Waals surface area contributed by atoms with E-state index in [1.54, 1.807) is 0 Å². The zero-order valence-electron chi connectivity index (χ0n) is 23.5. The molecule has 1 aliphatic carbocycles. The fourth-order valence-electron chi connectivity index (χ4n) is 1.92. The summed E-state index contributed by atoms with van der Waals surface area (Å²) in [5, 5.41) is 0. The Balaban J connectivity index is -0.0000000576. The van der Waals surface area contributed by atoms with Gasteiger partial charge in [0.1, 0.15) is 0 Å². The lowest BCUT2D eigenvalue weighted by Crippen LogP contribution is -2.36. The van der Waals surface area contributed by atoms with Gasteiger partial charge in [-0.3, -0.25) is 9.98 Å². The molecule has 0 spiro atoms.